The summed E-state index contributed by atoms with van der Waals surface area (Å²) in [6.07, 6.45) is 4.66. The van der Waals surface area contributed by atoms with E-state index in [1.54, 1.807) is 0 Å². The van der Waals surface area contributed by atoms with Crippen LogP contribution in [-0.2, 0) is 6.42 Å². The molecule has 0 heterocycles. The van der Waals surface area contributed by atoms with E-state index in [2.05, 4.69) is 50.4 Å². The van der Waals surface area contributed by atoms with Crippen LogP contribution in [0.15, 0.2) is 30.3 Å². The minimum atomic E-state index is 0.170. The Hall–Kier alpha value is -0.860. The minimum Gasteiger partial charge on any atom is -0.395 e. The van der Waals surface area contributed by atoms with Gasteiger partial charge >= 0.3 is 0 Å². The van der Waals surface area contributed by atoms with E-state index in [0.29, 0.717) is 11.5 Å². The van der Waals surface area contributed by atoms with Gasteiger partial charge in [0.15, 0.2) is 0 Å². The summed E-state index contributed by atoms with van der Waals surface area (Å²) in [7, 11) is 0. The highest BCUT2D eigenvalue weighted by atomic mass is 16.3. The predicted octanol–water partition coefficient (Wildman–Crippen LogP) is 3.39. The van der Waals surface area contributed by atoms with Crippen molar-refractivity contribution in [2.75, 3.05) is 6.61 Å². The van der Waals surface area contributed by atoms with Gasteiger partial charge in [-0.25, -0.2) is 0 Å². The molecule has 1 saturated carbocycles. The molecule has 0 aromatic heterocycles. The second-order valence-corrected chi connectivity index (χ2v) is 7.35. The Kier molecular flexibility index (Phi) is 5.22. The van der Waals surface area contributed by atoms with Gasteiger partial charge in [0.05, 0.1) is 6.61 Å². The highest BCUT2D eigenvalue weighted by Gasteiger charge is 2.32. The van der Waals surface area contributed by atoms with Crippen molar-refractivity contribution in [2.45, 2.75) is 58.5 Å². The molecule has 2 nitrogen and oxygen atoms in total. The molecule has 2 N–H and O–H groups in total. The van der Waals surface area contributed by atoms with Crippen LogP contribution in [0.2, 0.25) is 0 Å². The SMILES string of the molecule is CC1CC(NC(CO)Cc2ccccc2)CC(C)(C)C1. The molecule has 0 aliphatic heterocycles. The summed E-state index contributed by atoms with van der Waals surface area (Å²) in [4.78, 5) is 0. The van der Waals surface area contributed by atoms with Crippen LogP contribution >= 0.6 is 0 Å². The quantitative estimate of drug-likeness (QED) is 0.863. The topological polar surface area (TPSA) is 32.3 Å². The zero-order valence-electron chi connectivity index (χ0n) is 13.1. The molecule has 1 aromatic carbocycles. The van der Waals surface area contributed by atoms with E-state index in [4.69, 9.17) is 0 Å². The molecule has 1 aliphatic carbocycles. The van der Waals surface area contributed by atoms with Crippen LogP contribution in [0.1, 0.15) is 45.6 Å². The van der Waals surface area contributed by atoms with E-state index >= 15 is 0 Å². The van der Waals surface area contributed by atoms with Crippen LogP contribution in [0.4, 0.5) is 0 Å². The fraction of sp³-hybridized carbons (Fsp3) is 0.667. The maximum Gasteiger partial charge on any atom is 0.0587 e. The predicted molar refractivity (Wildman–Crippen MR) is 84.7 cm³/mol. The number of nitrogens with one attached hydrogen (secondary N) is 1. The summed E-state index contributed by atoms with van der Waals surface area (Å²) < 4.78 is 0. The molecule has 112 valence electrons. The standard InChI is InChI=1S/C18H29NO/c1-14-9-16(12-18(2,3)11-14)19-17(13-20)10-15-7-5-4-6-8-15/h4-8,14,16-17,19-20H,9-13H2,1-3H3. The second-order valence-electron chi connectivity index (χ2n) is 7.35. The zero-order valence-corrected chi connectivity index (χ0v) is 13.1. The molecular formula is C18H29NO. The van der Waals surface area contributed by atoms with Gasteiger partial charge in [0, 0.05) is 12.1 Å². The van der Waals surface area contributed by atoms with Gasteiger partial charge in [-0.3, -0.25) is 0 Å². The monoisotopic (exact) mass is 275 g/mol. The van der Waals surface area contributed by atoms with Crippen LogP contribution < -0.4 is 5.32 Å². The molecule has 0 amide bonds. The normalized spacial score (nSPS) is 27.2. The number of hydrogen-bond acceptors (Lipinski definition) is 2. The minimum absolute atomic E-state index is 0.170. The Morgan fingerprint density at radius 2 is 1.95 bits per heavy atom. The largest absolute Gasteiger partial charge is 0.395 e. The van der Waals surface area contributed by atoms with Crippen LogP contribution in [0, 0.1) is 11.3 Å². The molecule has 1 fully saturated rings. The number of benzene rings is 1. The number of hydrogen-bond donors (Lipinski definition) is 2. The highest BCUT2D eigenvalue weighted by molar-refractivity contribution is 5.16. The van der Waals surface area contributed by atoms with Crippen LogP contribution in [0.25, 0.3) is 0 Å². The Morgan fingerprint density at radius 3 is 2.55 bits per heavy atom. The summed E-state index contributed by atoms with van der Waals surface area (Å²) in [5.41, 5.74) is 1.71. The first-order valence-corrected chi connectivity index (χ1v) is 7.89. The summed E-state index contributed by atoms with van der Waals surface area (Å²) in [6.45, 7) is 7.28. The van der Waals surface area contributed by atoms with Crippen molar-refractivity contribution >= 4 is 0 Å². The van der Waals surface area contributed by atoms with Gasteiger partial charge in [0.25, 0.3) is 0 Å². The third kappa shape index (κ3) is 4.60. The molecule has 3 unspecified atom stereocenters. The Morgan fingerprint density at radius 1 is 1.25 bits per heavy atom. The van der Waals surface area contributed by atoms with E-state index in [0.717, 1.165) is 12.3 Å². The molecule has 20 heavy (non-hydrogen) atoms. The smallest absolute Gasteiger partial charge is 0.0587 e. The van der Waals surface area contributed by atoms with Crippen LogP contribution in [-0.4, -0.2) is 23.8 Å². The van der Waals surface area contributed by atoms with E-state index in [-0.39, 0.29) is 12.6 Å². The third-order valence-corrected chi connectivity index (χ3v) is 4.40. The lowest BCUT2D eigenvalue weighted by atomic mass is 9.70. The molecule has 3 atom stereocenters. The van der Waals surface area contributed by atoms with Crippen molar-refractivity contribution in [2.24, 2.45) is 11.3 Å². The average molecular weight is 275 g/mol. The first-order valence-electron chi connectivity index (χ1n) is 7.89. The highest BCUT2D eigenvalue weighted by Crippen LogP contribution is 2.38. The molecule has 1 aromatic rings. The summed E-state index contributed by atoms with van der Waals surface area (Å²) in [5.74, 6) is 0.771. The number of aliphatic hydroxyl groups excluding tert-OH is 1. The Bertz CT molecular complexity index is 401. The maximum absolute atomic E-state index is 9.65. The van der Waals surface area contributed by atoms with Gasteiger partial charge in [0.1, 0.15) is 0 Å². The van der Waals surface area contributed by atoms with Gasteiger partial charge in [-0.05, 0) is 42.6 Å². The van der Waals surface area contributed by atoms with Gasteiger partial charge in [-0.2, -0.15) is 0 Å². The van der Waals surface area contributed by atoms with Crippen LogP contribution in [0.3, 0.4) is 0 Å². The van der Waals surface area contributed by atoms with E-state index in [1.165, 1.54) is 24.8 Å². The first-order chi connectivity index (χ1) is 9.48. The number of aliphatic hydroxyl groups is 1. The fourth-order valence-electron chi connectivity index (χ4n) is 3.88. The molecule has 1 aliphatic rings. The molecule has 0 bridgehead atoms. The van der Waals surface area contributed by atoms with Crippen molar-refractivity contribution in [3.8, 4) is 0 Å². The molecule has 0 saturated heterocycles. The van der Waals surface area contributed by atoms with Crippen LogP contribution in [0.5, 0.6) is 0 Å². The Balaban J connectivity index is 1.92. The van der Waals surface area contributed by atoms with Crippen molar-refractivity contribution < 1.29 is 5.11 Å². The molecule has 2 heteroatoms. The fourth-order valence-corrected chi connectivity index (χ4v) is 3.88. The summed E-state index contributed by atoms with van der Waals surface area (Å²) in [5, 5.41) is 13.3. The van der Waals surface area contributed by atoms with Crippen molar-refractivity contribution in [3.05, 3.63) is 35.9 Å². The van der Waals surface area contributed by atoms with Gasteiger partial charge < -0.3 is 10.4 Å². The molecule has 0 spiro atoms. The maximum atomic E-state index is 9.65. The summed E-state index contributed by atoms with van der Waals surface area (Å²) in [6, 6.07) is 11.1. The second kappa shape index (κ2) is 6.73. The first kappa shape index (κ1) is 15.5. The average Bonchev–Trinajstić information content (AvgIpc) is 2.36. The van der Waals surface area contributed by atoms with Crippen molar-refractivity contribution in [1.29, 1.82) is 0 Å². The zero-order chi connectivity index (χ0) is 14.6. The van der Waals surface area contributed by atoms with E-state index < -0.39 is 0 Å². The summed E-state index contributed by atoms with van der Waals surface area (Å²) >= 11 is 0. The molecule has 0 radical (unpaired) electrons. The molecule has 2 rings (SSSR count). The van der Waals surface area contributed by atoms with Gasteiger partial charge in [-0.15, -0.1) is 0 Å². The lowest BCUT2D eigenvalue weighted by Gasteiger charge is -2.40. The van der Waals surface area contributed by atoms with Gasteiger partial charge in [0.2, 0.25) is 0 Å². The van der Waals surface area contributed by atoms with Crippen molar-refractivity contribution in [3.63, 3.8) is 0 Å². The Labute approximate surface area is 123 Å². The van der Waals surface area contributed by atoms with Crippen molar-refractivity contribution in [1.82, 2.24) is 5.32 Å². The molecular weight excluding hydrogens is 246 g/mol. The van der Waals surface area contributed by atoms with E-state index in [1.807, 2.05) is 6.07 Å². The lowest BCUT2D eigenvalue weighted by molar-refractivity contribution is 0.131. The third-order valence-electron chi connectivity index (χ3n) is 4.40. The van der Waals surface area contributed by atoms with E-state index in [9.17, 15) is 5.11 Å². The lowest BCUT2D eigenvalue weighted by Crippen LogP contribution is -2.47. The van der Waals surface area contributed by atoms with Gasteiger partial charge in [-0.1, -0.05) is 51.1 Å². The number of rotatable bonds is 5.